The van der Waals surface area contributed by atoms with E-state index in [0.717, 1.165) is 10.4 Å². The van der Waals surface area contributed by atoms with Gasteiger partial charge in [0.2, 0.25) is 0 Å². The standard InChI is InChI=1S/C13H9ClO2S/c14-12(13(15)16)11(10-7-4-8-17-10)9-5-2-1-3-6-9/h1-8H,(H,15,16)/b12-11+. The number of carboxylic acids is 1. The molecule has 0 aliphatic rings. The van der Waals surface area contributed by atoms with Gasteiger partial charge in [0.15, 0.2) is 0 Å². The Labute approximate surface area is 108 Å². The summed E-state index contributed by atoms with van der Waals surface area (Å²) in [5.41, 5.74) is 1.37. The predicted octanol–water partition coefficient (Wildman–Crippen LogP) is 3.83. The second kappa shape index (κ2) is 5.17. The van der Waals surface area contributed by atoms with Crippen molar-refractivity contribution in [3.05, 3.63) is 63.3 Å². The number of benzene rings is 1. The molecule has 17 heavy (non-hydrogen) atoms. The molecule has 0 aliphatic heterocycles. The third kappa shape index (κ3) is 2.57. The van der Waals surface area contributed by atoms with Gasteiger partial charge in [0, 0.05) is 10.5 Å². The molecule has 0 amide bonds. The lowest BCUT2D eigenvalue weighted by Gasteiger charge is -2.06. The summed E-state index contributed by atoms with van der Waals surface area (Å²) in [7, 11) is 0. The molecular formula is C13H9ClO2S. The quantitative estimate of drug-likeness (QED) is 0.856. The maximum atomic E-state index is 11.0. The first kappa shape index (κ1) is 11.9. The summed E-state index contributed by atoms with van der Waals surface area (Å²) < 4.78 is 0. The van der Waals surface area contributed by atoms with Crippen molar-refractivity contribution in [2.24, 2.45) is 0 Å². The molecule has 0 saturated carbocycles. The Morgan fingerprint density at radius 3 is 2.35 bits per heavy atom. The van der Waals surface area contributed by atoms with Gasteiger partial charge in [-0.25, -0.2) is 4.79 Å². The van der Waals surface area contributed by atoms with Crippen LogP contribution in [-0.2, 0) is 4.79 Å². The van der Waals surface area contributed by atoms with Crippen LogP contribution in [0, 0.1) is 0 Å². The zero-order valence-corrected chi connectivity index (χ0v) is 10.3. The van der Waals surface area contributed by atoms with E-state index in [4.69, 9.17) is 16.7 Å². The van der Waals surface area contributed by atoms with Gasteiger partial charge in [0.1, 0.15) is 5.03 Å². The van der Waals surface area contributed by atoms with Gasteiger partial charge in [0.25, 0.3) is 0 Å². The lowest BCUT2D eigenvalue weighted by atomic mass is 10.0. The number of rotatable bonds is 3. The van der Waals surface area contributed by atoms with Crippen molar-refractivity contribution < 1.29 is 9.90 Å². The van der Waals surface area contributed by atoms with Crippen molar-refractivity contribution in [1.82, 2.24) is 0 Å². The molecule has 1 aromatic carbocycles. The molecule has 2 aromatic rings. The second-order valence-corrected chi connectivity index (χ2v) is 4.66. The fourth-order valence-corrected chi connectivity index (χ4v) is 2.58. The number of hydrogen-bond acceptors (Lipinski definition) is 2. The molecule has 0 radical (unpaired) electrons. The van der Waals surface area contributed by atoms with Crippen molar-refractivity contribution in [2.75, 3.05) is 0 Å². The molecule has 1 N–H and O–H groups in total. The van der Waals surface area contributed by atoms with E-state index in [2.05, 4.69) is 0 Å². The van der Waals surface area contributed by atoms with E-state index in [-0.39, 0.29) is 5.03 Å². The third-order valence-electron chi connectivity index (χ3n) is 2.24. The van der Waals surface area contributed by atoms with Crippen molar-refractivity contribution in [2.45, 2.75) is 0 Å². The molecule has 2 nitrogen and oxygen atoms in total. The van der Waals surface area contributed by atoms with Crippen LogP contribution in [0.3, 0.4) is 0 Å². The monoisotopic (exact) mass is 264 g/mol. The topological polar surface area (TPSA) is 37.3 Å². The normalized spacial score (nSPS) is 12.1. The Kier molecular flexibility index (Phi) is 3.61. The maximum absolute atomic E-state index is 11.0. The van der Waals surface area contributed by atoms with Crippen LogP contribution in [0.5, 0.6) is 0 Å². The van der Waals surface area contributed by atoms with E-state index < -0.39 is 5.97 Å². The maximum Gasteiger partial charge on any atom is 0.348 e. The lowest BCUT2D eigenvalue weighted by Crippen LogP contribution is -1.99. The van der Waals surface area contributed by atoms with Gasteiger partial charge in [-0.1, -0.05) is 48.0 Å². The highest BCUT2D eigenvalue weighted by Gasteiger charge is 2.16. The number of thiophene rings is 1. The molecular weight excluding hydrogens is 256 g/mol. The Hall–Kier alpha value is -1.58. The van der Waals surface area contributed by atoms with Crippen LogP contribution in [0.4, 0.5) is 0 Å². The molecule has 1 heterocycles. The summed E-state index contributed by atoms with van der Waals surface area (Å²) in [5, 5.41) is 10.8. The number of halogens is 1. The highest BCUT2D eigenvalue weighted by molar-refractivity contribution is 7.11. The van der Waals surface area contributed by atoms with E-state index in [0.29, 0.717) is 5.57 Å². The fourth-order valence-electron chi connectivity index (χ4n) is 1.51. The van der Waals surface area contributed by atoms with Gasteiger partial charge in [0.05, 0.1) is 0 Å². The minimum absolute atomic E-state index is 0.154. The first-order chi connectivity index (χ1) is 8.20. The van der Waals surface area contributed by atoms with E-state index >= 15 is 0 Å². The highest BCUT2D eigenvalue weighted by Crippen LogP contribution is 2.31. The lowest BCUT2D eigenvalue weighted by molar-refractivity contribution is -0.131. The molecule has 4 heteroatoms. The minimum Gasteiger partial charge on any atom is -0.477 e. The van der Waals surface area contributed by atoms with Gasteiger partial charge < -0.3 is 5.11 Å². The summed E-state index contributed by atoms with van der Waals surface area (Å²) in [5.74, 6) is -1.11. The second-order valence-electron chi connectivity index (χ2n) is 3.34. The molecule has 86 valence electrons. The summed E-state index contributed by atoms with van der Waals surface area (Å²) >= 11 is 7.36. The third-order valence-corrected chi connectivity index (χ3v) is 3.48. The first-order valence-electron chi connectivity index (χ1n) is 4.92. The average molecular weight is 265 g/mol. The van der Waals surface area contributed by atoms with Crippen LogP contribution in [-0.4, -0.2) is 11.1 Å². The van der Waals surface area contributed by atoms with Gasteiger partial charge in [-0.15, -0.1) is 11.3 Å². The van der Waals surface area contributed by atoms with Crippen LogP contribution in [0.2, 0.25) is 0 Å². The summed E-state index contributed by atoms with van der Waals surface area (Å²) in [6.45, 7) is 0. The van der Waals surface area contributed by atoms with Crippen LogP contribution in [0.1, 0.15) is 10.4 Å². The van der Waals surface area contributed by atoms with Gasteiger partial charge in [-0.3, -0.25) is 0 Å². The summed E-state index contributed by atoms with van der Waals surface area (Å²) in [4.78, 5) is 11.9. The number of aliphatic carboxylic acids is 1. The Bertz CT molecular complexity index is 544. The molecule has 0 spiro atoms. The number of carbonyl (C=O) groups is 1. The van der Waals surface area contributed by atoms with E-state index in [1.807, 2.05) is 47.8 Å². The van der Waals surface area contributed by atoms with Gasteiger partial charge >= 0.3 is 5.97 Å². The van der Waals surface area contributed by atoms with Crippen molar-refractivity contribution in [1.29, 1.82) is 0 Å². The molecule has 0 unspecified atom stereocenters. The van der Waals surface area contributed by atoms with Gasteiger partial charge in [-0.05, 0) is 17.0 Å². The van der Waals surface area contributed by atoms with Crippen molar-refractivity contribution >= 4 is 34.5 Å². The van der Waals surface area contributed by atoms with Crippen LogP contribution in [0.25, 0.3) is 5.57 Å². The van der Waals surface area contributed by atoms with Crippen molar-refractivity contribution in [3.8, 4) is 0 Å². The average Bonchev–Trinajstić information content (AvgIpc) is 2.84. The predicted molar refractivity (Wildman–Crippen MR) is 70.3 cm³/mol. The smallest absolute Gasteiger partial charge is 0.348 e. The first-order valence-corrected chi connectivity index (χ1v) is 6.18. The van der Waals surface area contributed by atoms with E-state index in [1.165, 1.54) is 11.3 Å². The number of hydrogen-bond donors (Lipinski definition) is 1. The van der Waals surface area contributed by atoms with Crippen LogP contribution < -0.4 is 0 Å². The molecule has 2 rings (SSSR count). The zero-order valence-electron chi connectivity index (χ0n) is 8.76. The van der Waals surface area contributed by atoms with E-state index in [1.54, 1.807) is 0 Å². The van der Waals surface area contributed by atoms with E-state index in [9.17, 15) is 4.79 Å². The largest absolute Gasteiger partial charge is 0.477 e. The zero-order chi connectivity index (χ0) is 12.3. The van der Waals surface area contributed by atoms with Crippen molar-refractivity contribution in [3.63, 3.8) is 0 Å². The molecule has 0 fully saturated rings. The fraction of sp³-hybridized carbons (Fsp3) is 0. The SMILES string of the molecule is O=C(O)/C(Cl)=C(/c1ccccc1)c1cccs1. The summed E-state index contributed by atoms with van der Waals surface area (Å²) in [6, 6.07) is 13.0. The molecule has 0 saturated heterocycles. The molecule has 0 atom stereocenters. The number of carboxylic acid groups (broad SMARTS) is 1. The Balaban J connectivity index is 2.62. The Morgan fingerprint density at radius 1 is 1.12 bits per heavy atom. The van der Waals surface area contributed by atoms with Gasteiger partial charge in [-0.2, -0.15) is 0 Å². The van der Waals surface area contributed by atoms with Crippen LogP contribution >= 0.6 is 22.9 Å². The molecule has 0 aliphatic carbocycles. The highest BCUT2D eigenvalue weighted by atomic mass is 35.5. The minimum atomic E-state index is -1.11. The van der Waals surface area contributed by atoms with Crippen LogP contribution in [0.15, 0.2) is 52.9 Å². The molecule has 0 bridgehead atoms. The Morgan fingerprint density at radius 2 is 1.82 bits per heavy atom. The molecule has 1 aromatic heterocycles. The summed E-state index contributed by atoms with van der Waals surface area (Å²) in [6.07, 6.45) is 0.